The fourth-order valence-corrected chi connectivity index (χ4v) is 6.26. The van der Waals surface area contributed by atoms with Crippen LogP contribution < -0.4 is 10.2 Å². The number of hydrogen-bond donors (Lipinski definition) is 1. The van der Waals surface area contributed by atoms with E-state index in [0.29, 0.717) is 4.88 Å². The number of para-hydroxylation sites is 1. The Bertz CT molecular complexity index is 1550. The summed E-state index contributed by atoms with van der Waals surface area (Å²) in [5.41, 5.74) is 3.19. The molecule has 1 amide bonds. The summed E-state index contributed by atoms with van der Waals surface area (Å²) >= 11 is 2.97. The molecule has 0 atom stereocenters. The van der Waals surface area contributed by atoms with E-state index in [-0.39, 0.29) is 5.91 Å². The first kappa shape index (κ1) is 21.4. The van der Waals surface area contributed by atoms with E-state index in [2.05, 4.69) is 63.1 Å². The van der Waals surface area contributed by atoms with E-state index < -0.39 is 0 Å². The Morgan fingerprint density at radius 3 is 2.62 bits per heavy atom. The number of amides is 1. The highest BCUT2D eigenvalue weighted by Gasteiger charge is 2.22. The molecule has 1 aliphatic heterocycles. The Balaban J connectivity index is 1.36. The molecule has 6 nitrogen and oxygen atoms in total. The number of benzene rings is 2. The van der Waals surface area contributed by atoms with Gasteiger partial charge >= 0.3 is 0 Å². The van der Waals surface area contributed by atoms with Gasteiger partial charge in [-0.3, -0.25) is 4.79 Å². The van der Waals surface area contributed by atoms with Crippen LogP contribution in [0.2, 0.25) is 0 Å². The van der Waals surface area contributed by atoms with Gasteiger partial charge in [0.1, 0.15) is 10.6 Å². The molecule has 0 radical (unpaired) electrons. The lowest BCUT2D eigenvalue weighted by molar-refractivity contribution is 0.103. The number of hydrogen-bond acceptors (Lipinski definition) is 6. The number of carbonyl (C=O) groups excluding carboxylic acids is 1. The second-order valence-corrected chi connectivity index (χ2v) is 10.3. The molecule has 1 fully saturated rings. The number of nitrogens with one attached hydrogen (secondary N) is 1. The third-order valence-corrected chi connectivity index (χ3v) is 8.09. The molecule has 172 valence electrons. The average molecular weight is 488 g/mol. The average Bonchev–Trinajstić information content (AvgIpc) is 3.60. The van der Waals surface area contributed by atoms with Crippen LogP contribution >= 0.6 is 23.1 Å². The van der Waals surface area contributed by atoms with Crippen LogP contribution in [0.25, 0.3) is 32.0 Å². The fourth-order valence-electron chi connectivity index (χ4n) is 4.93. The van der Waals surface area contributed by atoms with Gasteiger partial charge in [0.25, 0.3) is 5.91 Å². The van der Waals surface area contributed by atoms with E-state index in [4.69, 9.17) is 4.98 Å². The Labute approximate surface area is 206 Å². The highest BCUT2D eigenvalue weighted by molar-refractivity contribution is 7.98. The number of rotatable bonds is 5. The first-order valence-electron chi connectivity index (χ1n) is 11.6. The van der Waals surface area contributed by atoms with Crippen molar-refractivity contribution in [1.82, 2.24) is 14.5 Å². The minimum Gasteiger partial charge on any atom is -0.356 e. The van der Waals surface area contributed by atoms with Crippen molar-refractivity contribution < 1.29 is 4.79 Å². The summed E-state index contributed by atoms with van der Waals surface area (Å²) in [6.45, 7) is 5.06. The molecule has 0 bridgehead atoms. The van der Waals surface area contributed by atoms with Gasteiger partial charge in [0.2, 0.25) is 0 Å². The minimum absolute atomic E-state index is 0.111. The van der Waals surface area contributed by atoms with Crippen LogP contribution in [0.1, 0.15) is 29.4 Å². The molecule has 8 heteroatoms. The van der Waals surface area contributed by atoms with Gasteiger partial charge < -0.3 is 14.8 Å². The van der Waals surface area contributed by atoms with E-state index in [1.807, 2.05) is 18.4 Å². The van der Waals surface area contributed by atoms with Crippen LogP contribution in [-0.4, -0.2) is 39.8 Å². The van der Waals surface area contributed by atoms with Crippen molar-refractivity contribution in [3.63, 3.8) is 0 Å². The zero-order valence-corrected chi connectivity index (χ0v) is 20.8. The van der Waals surface area contributed by atoms with Gasteiger partial charge in [-0.15, -0.1) is 11.3 Å². The van der Waals surface area contributed by atoms with Crippen molar-refractivity contribution in [2.75, 3.05) is 29.6 Å². The van der Waals surface area contributed by atoms with Crippen molar-refractivity contribution >= 4 is 72.5 Å². The van der Waals surface area contributed by atoms with E-state index >= 15 is 0 Å². The quantitative estimate of drug-likeness (QED) is 0.230. The van der Waals surface area contributed by atoms with E-state index in [1.54, 1.807) is 0 Å². The molecule has 1 saturated heterocycles. The third kappa shape index (κ3) is 3.52. The van der Waals surface area contributed by atoms with Crippen LogP contribution in [0.5, 0.6) is 0 Å². The lowest BCUT2D eigenvalue weighted by Crippen LogP contribution is -2.19. The summed E-state index contributed by atoms with van der Waals surface area (Å²) in [6, 6.07) is 16.5. The maximum absolute atomic E-state index is 13.3. The molecule has 0 spiro atoms. The number of fused-ring (bicyclic) bond motifs is 4. The second-order valence-electron chi connectivity index (χ2n) is 8.51. The highest BCUT2D eigenvalue weighted by Crippen LogP contribution is 2.35. The molecule has 6 rings (SSSR count). The molecule has 34 heavy (non-hydrogen) atoms. The van der Waals surface area contributed by atoms with E-state index in [1.165, 1.54) is 52.4 Å². The number of carbonyl (C=O) groups is 1. The normalized spacial score (nSPS) is 14.0. The Morgan fingerprint density at radius 1 is 1.03 bits per heavy atom. The van der Waals surface area contributed by atoms with E-state index in [9.17, 15) is 4.79 Å². The van der Waals surface area contributed by atoms with Crippen molar-refractivity contribution in [2.45, 2.75) is 31.5 Å². The van der Waals surface area contributed by atoms with Crippen LogP contribution in [0.15, 0.2) is 53.7 Å². The fraction of sp³-hybridized carbons (Fsp3) is 0.269. The molecule has 1 aliphatic rings. The lowest BCUT2D eigenvalue weighted by Gasteiger charge is -2.17. The molecule has 0 unspecified atom stereocenters. The topological polar surface area (TPSA) is 63.1 Å². The van der Waals surface area contributed by atoms with Crippen LogP contribution in [0, 0.1) is 0 Å². The maximum atomic E-state index is 13.3. The number of aryl methyl sites for hydroxylation is 1. The van der Waals surface area contributed by atoms with Gasteiger partial charge in [-0.2, -0.15) is 0 Å². The molecule has 0 saturated carbocycles. The van der Waals surface area contributed by atoms with Gasteiger partial charge in [-0.1, -0.05) is 30.0 Å². The molecule has 1 N–H and O–H groups in total. The monoisotopic (exact) mass is 487 g/mol. The number of anilines is 2. The summed E-state index contributed by atoms with van der Waals surface area (Å²) < 4.78 is 2.31. The summed E-state index contributed by atoms with van der Waals surface area (Å²) in [5.74, 6) is 0.843. The first-order valence-corrected chi connectivity index (χ1v) is 13.6. The Morgan fingerprint density at radius 2 is 1.82 bits per heavy atom. The number of aromatic nitrogens is 3. The van der Waals surface area contributed by atoms with Crippen LogP contribution in [0.3, 0.4) is 0 Å². The van der Waals surface area contributed by atoms with Crippen molar-refractivity contribution in [1.29, 1.82) is 0 Å². The Hall–Kier alpha value is -3.10. The second kappa shape index (κ2) is 8.60. The molecule has 3 aromatic heterocycles. The van der Waals surface area contributed by atoms with Gasteiger partial charge in [0.15, 0.2) is 5.16 Å². The summed E-state index contributed by atoms with van der Waals surface area (Å²) in [5, 5.41) is 7.19. The predicted octanol–water partition coefficient (Wildman–Crippen LogP) is 6.39. The molecule has 0 aliphatic carbocycles. The van der Waals surface area contributed by atoms with Gasteiger partial charge in [0, 0.05) is 47.1 Å². The highest BCUT2D eigenvalue weighted by atomic mass is 32.2. The first-order chi connectivity index (χ1) is 16.7. The van der Waals surface area contributed by atoms with Crippen LogP contribution in [-0.2, 0) is 6.54 Å². The lowest BCUT2D eigenvalue weighted by atomic mass is 10.1. The minimum atomic E-state index is -0.111. The summed E-state index contributed by atoms with van der Waals surface area (Å²) in [7, 11) is 0. The largest absolute Gasteiger partial charge is 0.356 e. The Kier molecular flexibility index (Phi) is 5.42. The summed E-state index contributed by atoms with van der Waals surface area (Å²) in [4.78, 5) is 26.6. The molecule has 5 aromatic rings. The molecular formula is C26H25N5OS2. The number of nitrogens with zero attached hydrogens (tertiary/aromatic N) is 4. The van der Waals surface area contributed by atoms with Gasteiger partial charge in [0.05, 0.1) is 10.3 Å². The SMILES string of the molecule is CCn1c2ccccc2c2cc(NC(=O)c3cc4c(N5CCCC5)nc(SC)nc4s3)ccc21. The van der Waals surface area contributed by atoms with Crippen molar-refractivity contribution in [3.8, 4) is 0 Å². The molecule has 2 aromatic carbocycles. The molecule has 4 heterocycles. The van der Waals surface area contributed by atoms with Gasteiger partial charge in [-0.25, -0.2) is 9.97 Å². The zero-order valence-electron chi connectivity index (χ0n) is 19.2. The number of thiophene rings is 1. The van der Waals surface area contributed by atoms with Crippen LogP contribution in [0.4, 0.5) is 11.5 Å². The standard InChI is InChI=1S/C26H25N5OS2/c1-3-31-20-9-5-4-8-17(20)18-14-16(10-11-21(18)31)27-24(32)22-15-19-23(30-12-6-7-13-30)28-26(33-2)29-25(19)34-22/h4-5,8-11,14-15H,3,6-7,12-13H2,1-2H3,(H,27,32). The number of thioether (sulfide) groups is 1. The maximum Gasteiger partial charge on any atom is 0.265 e. The third-order valence-electron chi connectivity index (χ3n) is 6.51. The molecular weight excluding hydrogens is 462 g/mol. The zero-order chi connectivity index (χ0) is 23.2. The van der Waals surface area contributed by atoms with Crippen molar-refractivity contribution in [2.24, 2.45) is 0 Å². The van der Waals surface area contributed by atoms with Crippen molar-refractivity contribution in [3.05, 3.63) is 53.4 Å². The van der Waals surface area contributed by atoms with E-state index in [0.717, 1.165) is 51.9 Å². The smallest absolute Gasteiger partial charge is 0.265 e. The van der Waals surface area contributed by atoms with Gasteiger partial charge in [-0.05, 0) is 56.4 Å². The summed E-state index contributed by atoms with van der Waals surface area (Å²) in [6.07, 6.45) is 4.34. The predicted molar refractivity (Wildman–Crippen MR) is 144 cm³/mol.